The van der Waals surface area contributed by atoms with E-state index in [0.717, 1.165) is 39.0 Å². The van der Waals surface area contributed by atoms with E-state index >= 15 is 0 Å². The number of anilines is 1. The van der Waals surface area contributed by atoms with Crippen LogP contribution in [0.4, 0.5) is 10.1 Å². The lowest BCUT2D eigenvalue weighted by Crippen LogP contribution is -2.89. The summed E-state index contributed by atoms with van der Waals surface area (Å²) in [7, 11) is 0. The van der Waals surface area contributed by atoms with Crippen LogP contribution in [0.2, 0.25) is 0 Å². The molecule has 1 saturated carbocycles. The number of carbonyl (C=O) groups excluding carboxylic acids is 2. The van der Waals surface area contributed by atoms with Crippen LogP contribution >= 0.6 is 0 Å². The summed E-state index contributed by atoms with van der Waals surface area (Å²) < 4.78 is 25.3. The molecule has 1 heterocycles. The Bertz CT molecular complexity index is 901. The predicted octanol–water partition coefficient (Wildman–Crippen LogP) is -0.0109. The van der Waals surface area contributed by atoms with E-state index in [-0.39, 0.29) is 36.3 Å². The molecule has 5 N–H and O–H groups in total. The molecule has 8 nitrogen and oxygen atoms in total. The minimum Gasteiger partial charge on any atom is -0.485 e. The van der Waals surface area contributed by atoms with Gasteiger partial charge in [0.05, 0.1) is 38.7 Å². The summed E-state index contributed by atoms with van der Waals surface area (Å²) >= 11 is 0. The van der Waals surface area contributed by atoms with Crippen molar-refractivity contribution < 1.29 is 34.2 Å². The zero-order chi connectivity index (χ0) is 24.0. The average Bonchev–Trinajstić information content (AvgIpc) is 3.54. The summed E-state index contributed by atoms with van der Waals surface area (Å²) in [5.74, 6) is -1.30. The Morgan fingerprint density at radius 3 is 2.45 bits per heavy atom. The second-order valence-electron chi connectivity index (χ2n) is 9.26. The molecular weight excluding hydrogens is 427 g/mol. The third-order valence-electron chi connectivity index (χ3n) is 5.92. The van der Waals surface area contributed by atoms with Gasteiger partial charge in [0, 0.05) is 11.1 Å². The Balaban J connectivity index is 1.79. The molecular formula is C24H35FN4O4+2. The third-order valence-corrected chi connectivity index (χ3v) is 5.92. The third kappa shape index (κ3) is 6.77. The lowest BCUT2D eigenvalue weighted by Gasteiger charge is -2.28. The summed E-state index contributed by atoms with van der Waals surface area (Å²) in [4.78, 5) is 27.2. The average molecular weight is 463 g/mol. The number of benzene rings is 1. The molecule has 1 aromatic carbocycles. The Morgan fingerprint density at radius 2 is 1.88 bits per heavy atom. The number of esters is 1. The molecule has 1 amide bonds. The second-order valence-corrected chi connectivity index (χ2v) is 9.26. The van der Waals surface area contributed by atoms with Gasteiger partial charge in [-0.3, -0.25) is 15.0 Å². The number of hydrogen-bond acceptors (Lipinski definition) is 5. The molecule has 1 aromatic rings. The maximum atomic E-state index is 13.8. The summed E-state index contributed by atoms with van der Waals surface area (Å²) in [6, 6.07) is 4.34. The van der Waals surface area contributed by atoms with Crippen molar-refractivity contribution in [2.75, 3.05) is 44.7 Å². The van der Waals surface area contributed by atoms with Crippen molar-refractivity contribution >= 4 is 23.8 Å². The highest BCUT2D eigenvalue weighted by Gasteiger charge is 2.46. The SMILES string of the molecule is Cc1cc(F)cc(NC(=O)/C(OCC2(COC(=O)C(C)C)CC2)=C(\C=[NH2+])N2CC[NH2+]CC2)c1. The fourth-order valence-electron chi connectivity index (χ4n) is 3.69. The Kier molecular flexibility index (Phi) is 8.07. The van der Waals surface area contributed by atoms with Gasteiger partial charge in [0.1, 0.15) is 18.1 Å². The van der Waals surface area contributed by atoms with Crippen molar-refractivity contribution in [1.82, 2.24) is 4.90 Å². The summed E-state index contributed by atoms with van der Waals surface area (Å²) in [5.41, 5.74) is 1.23. The number of carbonyl (C=O) groups is 2. The fraction of sp³-hybridized carbons (Fsp3) is 0.542. The molecule has 0 bridgehead atoms. The van der Waals surface area contributed by atoms with E-state index in [1.165, 1.54) is 18.3 Å². The number of piperazine rings is 1. The zero-order valence-electron chi connectivity index (χ0n) is 19.7. The molecule has 2 aliphatic rings. The molecule has 3 rings (SSSR count). The van der Waals surface area contributed by atoms with E-state index in [1.54, 1.807) is 26.8 Å². The number of rotatable bonds is 10. The molecule has 33 heavy (non-hydrogen) atoms. The van der Waals surface area contributed by atoms with E-state index in [1.807, 2.05) is 4.90 Å². The lowest BCUT2D eigenvalue weighted by atomic mass is 10.1. The highest BCUT2D eigenvalue weighted by atomic mass is 19.1. The summed E-state index contributed by atoms with van der Waals surface area (Å²) in [6.07, 6.45) is 3.07. The number of ether oxygens (including phenoxy) is 2. The van der Waals surface area contributed by atoms with Gasteiger partial charge in [0.25, 0.3) is 5.91 Å². The molecule has 2 fully saturated rings. The van der Waals surface area contributed by atoms with Gasteiger partial charge < -0.3 is 25.0 Å². The number of allylic oxidation sites excluding steroid dienone is 1. The van der Waals surface area contributed by atoms with E-state index in [4.69, 9.17) is 14.9 Å². The lowest BCUT2D eigenvalue weighted by molar-refractivity contribution is -0.662. The van der Waals surface area contributed by atoms with Crippen LogP contribution in [0.3, 0.4) is 0 Å². The molecule has 180 valence electrons. The molecule has 9 heteroatoms. The number of halogens is 1. The van der Waals surface area contributed by atoms with Gasteiger partial charge in [0.2, 0.25) is 5.76 Å². The quantitative estimate of drug-likeness (QED) is 0.196. The fourth-order valence-corrected chi connectivity index (χ4v) is 3.69. The normalized spacial score (nSPS) is 17.8. The number of hydrogen-bond donors (Lipinski definition) is 3. The van der Waals surface area contributed by atoms with Gasteiger partial charge in [-0.05, 0) is 43.5 Å². The largest absolute Gasteiger partial charge is 0.485 e. The Morgan fingerprint density at radius 1 is 1.21 bits per heavy atom. The standard InChI is InChI=1S/C24H33FN4O4/c1-16(2)23(31)33-15-24(4-5-24)14-32-21(20(13-26)29-8-6-27-7-9-29)22(30)28-19-11-17(3)10-18(25)12-19/h10-13,16,26-27H,4-9,14-15H2,1-3H3,(H,28,30)/p+2/b21-20-,26-13?. The van der Waals surface area contributed by atoms with Crippen molar-refractivity contribution in [2.24, 2.45) is 11.3 Å². The minimum atomic E-state index is -0.499. The van der Waals surface area contributed by atoms with Crippen molar-refractivity contribution in [3.8, 4) is 0 Å². The first kappa shape index (κ1) is 24.7. The van der Waals surface area contributed by atoms with Crippen molar-refractivity contribution in [1.29, 1.82) is 0 Å². The first-order valence-electron chi connectivity index (χ1n) is 11.5. The van der Waals surface area contributed by atoms with Gasteiger partial charge in [-0.1, -0.05) is 13.8 Å². The van der Waals surface area contributed by atoms with Gasteiger partial charge in [-0.15, -0.1) is 0 Å². The maximum absolute atomic E-state index is 13.8. The van der Waals surface area contributed by atoms with Crippen molar-refractivity contribution in [3.63, 3.8) is 0 Å². The number of nitrogens with zero attached hydrogens (tertiary/aromatic N) is 1. The molecule has 0 aromatic heterocycles. The van der Waals surface area contributed by atoms with Gasteiger partial charge >= 0.3 is 5.97 Å². The Hall–Kier alpha value is -2.94. The molecule has 0 radical (unpaired) electrons. The molecule has 0 spiro atoms. The number of quaternary nitrogens is 1. The smallest absolute Gasteiger partial charge is 0.308 e. The number of nitrogens with two attached hydrogens (primary N) is 2. The highest BCUT2D eigenvalue weighted by Crippen LogP contribution is 2.46. The maximum Gasteiger partial charge on any atom is 0.308 e. The monoisotopic (exact) mass is 462 g/mol. The first-order valence-corrected chi connectivity index (χ1v) is 11.5. The van der Waals surface area contributed by atoms with Crippen LogP contribution in [0, 0.1) is 24.1 Å². The highest BCUT2D eigenvalue weighted by molar-refractivity contribution is 6.05. The van der Waals surface area contributed by atoms with E-state index < -0.39 is 11.7 Å². The second kappa shape index (κ2) is 10.8. The van der Waals surface area contributed by atoms with Crippen LogP contribution in [0.5, 0.6) is 0 Å². The number of aryl methyl sites for hydroxylation is 1. The van der Waals surface area contributed by atoms with Crippen molar-refractivity contribution in [2.45, 2.75) is 33.6 Å². The predicted molar refractivity (Wildman–Crippen MR) is 121 cm³/mol. The van der Waals surface area contributed by atoms with Gasteiger partial charge in [-0.2, -0.15) is 0 Å². The molecule has 0 atom stereocenters. The van der Waals surface area contributed by atoms with E-state index in [2.05, 4.69) is 10.6 Å². The number of nitrogens with one attached hydrogen (secondary N) is 1. The van der Waals surface area contributed by atoms with Crippen LogP contribution < -0.4 is 16.0 Å². The van der Waals surface area contributed by atoms with Crippen LogP contribution in [0.1, 0.15) is 32.3 Å². The van der Waals surface area contributed by atoms with Crippen LogP contribution in [0.25, 0.3) is 0 Å². The molecule has 1 saturated heterocycles. The topological polar surface area (TPSA) is 110 Å². The minimum absolute atomic E-state index is 0.0859. The van der Waals surface area contributed by atoms with E-state index in [9.17, 15) is 14.0 Å². The summed E-state index contributed by atoms with van der Waals surface area (Å²) in [6.45, 7) is 9.01. The van der Waals surface area contributed by atoms with Crippen LogP contribution in [0.15, 0.2) is 29.7 Å². The zero-order valence-corrected chi connectivity index (χ0v) is 19.7. The van der Waals surface area contributed by atoms with Crippen LogP contribution in [-0.4, -0.2) is 62.4 Å². The Labute approximate surface area is 194 Å². The van der Waals surface area contributed by atoms with Crippen LogP contribution in [-0.2, 0) is 19.1 Å². The molecule has 1 aliphatic carbocycles. The molecule has 0 unspecified atom stereocenters. The summed E-state index contributed by atoms with van der Waals surface area (Å²) in [5, 5.41) is 10.9. The van der Waals surface area contributed by atoms with Gasteiger partial charge in [-0.25, -0.2) is 4.39 Å². The molecule has 1 aliphatic heterocycles. The first-order chi connectivity index (χ1) is 15.7. The van der Waals surface area contributed by atoms with Gasteiger partial charge in [0.15, 0.2) is 6.21 Å². The van der Waals surface area contributed by atoms with Crippen molar-refractivity contribution in [3.05, 3.63) is 41.0 Å². The number of amides is 1. The van der Waals surface area contributed by atoms with E-state index in [0.29, 0.717) is 16.9 Å².